The van der Waals surface area contributed by atoms with Gasteiger partial charge in [0.15, 0.2) is 5.82 Å². The summed E-state index contributed by atoms with van der Waals surface area (Å²) in [6, 6.07) is 16.8. The van der Waals surface area contributed by atoms with Crippen molar-refractivity contribution in [3.63, 3.8) is 0 Å². The van der Waals surface area contributed by atoms with Gasteiger partial charge in [-0.3, -0.25) is 15.0 Å². The molecule has 3 aromatic carbocycles. The number of nitrogens with one attached hydrogen (secondary N) is 1. The number of halogens is 5. The molecule has 2 fully saturated rings. The maximum absolute atomic E-state index is 15.4. The van der Waals surface area contributed by atoms with Crippen molar-refractivity contribution in [3.8, 4) is 22.9 Å². The normalized spacial score (nSPS) is 21.6. The first-order chi connectivity index (χ1) is 26.7. The maximum Gasteiger partial charge on any atom is 0.417 e. The summed E-state index contributed by atoms with van der Waals surface area (Å²) in [6.45, 7) is -0.133. The first kappa shape index (κ1) is 36.9. The van der Waals surface area contributed by atoms with Crippen molar-refractivity contribution >= 4 is 40.8 Å². The van der Waals surface area contributed by atoms with Gasteiger partial charge in [0.05, 0.1) is 54.4 Å². The lowest BCUT2D eigenvalue weighted by atomic mass is 9.53. The summed E-state index contributed by atoms with van der Waals surface area (Å²) in [7, 11) is 2.72. The molecule has 13 nitrogen and oxygen atoms in total. The number of hydrogen-bond donors (Lipinski definition) is 2. The fourth-order valence-electron chi connectivity index (χ4n) is 8.32. The Morgan fingerprint density at radius 2 is 1.66 bits per heavy atom. The lowest BCUT2D eigenvalue weighted by Crippen LogP contribution is -2.53. The molecule has 1 saturated heterocycles. The van der Waals surface area contributed by atoms with E-state index in [-0.39, 0.29) is 41.3 Å². The number of hydrogen-bond acceptors (Lipinski definition) is 9. The molecule has 2 amide bonds. The van der Waals surface area contributed by atoms with Crippen LogP contribution in [0.15, 0.2) is 100 Å². The Balaban J connectivity index is 1.40. The number of alkyl halides is 3. The van der Waals surface area contributed by atoms with Gasteiger partial charge < -0.3 is 14.6 Å². The van der Waals surface area contributed by atoms with E-state index in [1.54, 1.807) is 48.5 Å². The Bertz CT molecular complexity index is 2590. The van der Waals surface area contributed by atoms with Crippen molar-refractivity contribution in [1.29, 1.82) is 0 Å². The van der Waals surface area contributed by atoms with Crippen LogP contribution in [-0.2, 0) is 27.7 Å². The number of imide groups is 1. The van der Waals surface area contributed by atoms with Crippen LogP contribution in [0.2, 0.25) is 10.0 Å². The summed E-state index contributed by atoms with van der Waals surface area (Å²) in [6.07, 6.45) is -2.81. The number of anilines is 1. The number of para-hydroxylation sites is 1. The number of amides is 2. The number of nitrogens with zero attached hydrogens (tertiary/aromatic N) is 5. The number of hydrazine groups is 1. The van der Waals surface area contributed by atoms with Gasteiger partial charge in [-0.2, -0.15) is 18.2 Å². The Hall–Kier alpha value is -6.00. The van der Waals surface area contributed by atoms with E-state index < -0.39 is 69.1 Å². The largest absolute Gasteiger partial charge is 0.507 e. The predicted octanol–water partition coefficient (Wildman–Crippen LogP) is 5.86. The van der Waals surface area contributed by atoms with Crippen LogP contribution in [0.25, 0.3) is 5.69 Å². The number of ether oxygens (including phenoxy) is 2. The van der Waals surface area contributed by atoms with Crippen molar-refractivity contribution in [2.45, 2.75) is 36.5 Å². The molecule has 8 rings (SSSR count). The van der Waals surface area contributed by atoms with E-state index in [1.165, 1.54) is 47.8 Å². The Morgan fingerprint density at radius 3 is 2.30 bits per heavy atom. The summed E-state index contributed by atoms with van der Waals surface area (Å²) < 4.78 is 55.2. The number of carbonyl (C=O) groups is 2. The quantitative estimate of drug-likeness (QED) is 0.152. The Morgan fingerprint density at radius 1 is 0.946 bits per heavy atom. The third kappa shape index (κ3) is 5.41. The lowest BCUT2D eigenvalue weighted by Gasteiger charge is -2.49. The minimum atomic E-state index is -4.78. The van der Waals surface area contributed by atoms with Gasteiger partial charge in [0.25, 0.3) is 11.8 Å². The third-order valence-electron chi connectivity index (χ3n) is 10.7. The number of fused-ring (bicyclic) bond motifs is 4. The van der Waals surface area contributed by atoms with Crippen LogP contribution in [-0.4, -0.2) is 55.1 Å². The van der Waals surface area contributed by atoms with Gasteiger partial charge in [-0.1, -0.05) is 59.6 Å². The monoisotopic (exact) mass is 808 g/mol. The third-order valence-corrected chi connectivity index (χ3v) is 11.2. The summed E-state index contributed by atoms with van der Waals surface area (Å²) >= 11 is 12.6. The highest BCUT2D eigenvalue weighted by Crippen LogP contribution is 2.64. The molecule has 2 aliphatic heterocycles. The highest BCUT2D eigenvalue weighted by molar-refractivity contribution is 6.33. The molecule has 4 unspecified atom stereocenters. The van der Waals surface area contributed by atoms with E-state index in [4.69, 9.17) is 32.7 Å². The number of aromatic hydroxyl groups is 1. The van der Waals surface area contributed by atoms with Gasteiger partial charge in [-0.25, -0.2) is 28.5 Å². The van der Waals surface area contributed by atoms with Gasteiger partial charge >= 0.3 is 17.6 Å². The number of carbonyl (C=O) groups excluding carboxylic acids is 2. The molecule has 56 heavy (non-hydrogen) atoms. The average Bonchev–Trinajstić information content (AvgIpc) is 3.56. The minimum absolute atomic E-state index is 0.0595. The minimum Gasteiger partial charge on any atom is -0.507 e. The van der Waals surface area contributed by atoms with Crippen LogP contribution in [0, 0.1) is 5.92 Å². The molecule has 2 aromatic heterocycles. The second kappa shape index (κ2) is 13.3. The van der Waals surface area contributed by atoms with Crippen molar-refractivity contribution in [3.05, 3.63) is 138 Å². The number of phenols is 1. The van der Waals surface area contributed by atoms with Crippen LogP contribution >= 0.6 is 23.2 Å². The zero-order chi connectivity index (χ0) is 39.8. The van der Waals surface area contributed by atoms with Crippen molar-refractivity contribution in [2.24, 2.45) is 5.92 Å². The van der Waals surface area contributed by atoms with E-state index in [0.717, 1.165) is 4.57 Å². The van der Waals surface area contributed by atoms with E-state index in [0.29, 0.717) is 33.6 Å². The number of rotatable bonds is 7. The molecule has 18 heteroatoms. The zero-order valence-corrected chi connectivity index (χ0v) is 30.8. The standard InChI is InChI=1S/C38H29Cl2F3N6O7/c1-55-23-15-28(50)30(29(16-23)56-2)31-24-12-13-46-35(53)47(22-6-4-3-5-7-22)36(54)49(46)27(24)17-25-33(51)48(34(52)37(25,31)19-8-10-21(39)11-9-19)45-32-26(40)14-20(18-44-32)38(41,42)43/h3-12,14-16,18,25,27,31,50H,13,17H2,1-2H3,(H,44,45). The van der Waals surface area contributed by atoms with Gasteiger partial charge in [0.2, 0.25) is 0 Å². The molecule has 288 valence electrons. The molecule has 1 aliphatic carbocycles. The van der Waals surface area contributed by atoms with Gasteiger partial charge in [0, 0.05) is 34.8 Å². The Kier molecular flexibility index (Phi) is 8.80. The molecule has 0 bridgehead atoms. The summed E-state index contributed by atoms with van der Waals surface area (Å²) in [5, 5.41) is 12.3. The van der Waals surface area contributed by atoms with Crippen LogP contribution in [0.1, 0.15) is 35.1 Å². The van der Waals surface area contributed by atoms with Crippen molar-refractivity contribution in [2.75, 3.05) is 19.6 Å². The molecule has 1 saturated carbocycles. The van der Waals surface area contributed by atoms with E-state index in [9.17, 15) is 32.7 Å². The molecule has 4 heterocycles. The van der Waals surface area contributed by atoms with Gasteiger partial charge in [-0.15, -0.1) is 0 Å². The van der Waals surface area contributed by atoms with Crippen molar-refractivity contribution < 1.29 is 37.3 Å². The predicted molar refractivity (Wildman–Crippen MR) is 196 cm³/mol. The first-order valence-corrected chi connectivity index (χ1v) is 17.8. The highest BCUT2D eigenvalue weighted by Gasteiger charge is 2.69. The van der Waals surface area contributed by atoms with E-state index >= 15 is 4.79 Å². The zero-order valence-electron chi connectivity index (χ0n) is 29.3. The number of pyridine rings is 1. The van der Waals surface area contributed by atoms with Crippen molar-refractivity contribution in [1.82, 2.24) is 23.9 Å². The molecule has 5 aromatic rings. The maximum atomic E-state index is 15.4. The molecular weight excluding hydrogens is 780 g/mol. The number of phenolic OH excluding ortho intramolecular Hbond substituents is 1. The molecule has 2 N–H and O–H groups in total. The fourth-order valence-corrected chi connectivity index (χ4v) is 8.66. The second-order valence-electron chi connectivity index (χ2n) is 13.4. The smallest absolute Gasteiger partial charge is 0.417 e. The highest BCUT2D eigenvalue weighted by atomic mass is 35.5. The van der Waals surface area contributed by atoms with Crippen LogP contribution in [0.4, 0.5) is 19.0 Å². The number of methoxy groups -OCH3 is 2. The summed E-state index contributed by atoms with van der Waals surface area (Å²) in [5.41, 5.74) is -0.852. The lowest BCUT2D eigenvalue weighted by molar-refractivity contribution is -0.139. The molecule has 0 spiro atoms. The summed E-state index contributed by atoms with van der Waals surface area (Å²) in [5.74, 6) is -4.91. The van der Waals surface area contributed by atoms with Gasteiger partial charge in [-0.05, 0) is 47.9 Å². The van der Waals surface area contributed by atoms with E-state index in [2.05, 4.69) is 10.4 Å². The topological polar surface area (TPSA) is 150 Å². The molecular formula is C38H29Cl2F3N6O7. The van der Waals surface area contributed by atoms with Gasteiger partial charge in [0.1, 0.15) is 17.2 Å². The van der Waals surface area contributed by atoms with E-state index in [1.807, 2.05) is 0 Å². The summed E-state index contributed by atoms with van der Waals surface area (Å²) in [4.78, 5) is 62.3. The van der Waals surface area contributed by atoms with Crippen LogP contribution in [0.5, 0.6) is 17.2 Å². The molecule has 3 aliphatic rings. The number of allylic oxidation sites excluding steroid dienone is 2. The average molecular weight is 810 g/mol. The van der Waals surface area contributed by atoms with Crippen LogP contribution in [0.3, 0.4) is 0 Å². The first-order valence-electron chi connectivity index (χ1n) is 17.0. The fraction of sp³-hybridized carbons (Fsp3) is 0.237. The number of aromatic nitrogens is 4. The Labute approximate surface area is 324 Å². The number of benzene rings is 3. The second-order valence-corrected chi connectivity index (χ2v) is 14.2. The SMILES string of the molecule is COc1cc(O)c(C2C3=CCn4c(=O)n(-c5ccccc5)c(=O)n4C3CC3C(=O)N(Nc4ncc(C(F)(F)F)cc4Cl)C(=O)C32c2ccc(Cl)cc2)c(OC)c1. The molecule has 0 radical (unpaired) electrons. The molecule has 4 atom stereocenters. The van der Waals surface area contributed by atoms with Crippen LogP contribution < -0.4 is 26.3 Å².